The van der Waals surface area contributed by atoms with Crippen molar-refractivity contribution in [1.82, 2.24) is 9.80 Å². The molecule has 1 aromatic carbocycles. The standard InChI is InChI=1S/C29H36N2O5S/c1-28(2,3)30-16-11-15-29-23(22-21(37-29)14-9-4-5-10-17-36-27(22)35)25(33)31(24(29)26(30)34)20(18-32)19-12-7-6-8-13-19/h6-9,11-15,20-24,32H,4-5,10,16-18H2,1-3H3/b14-9-/t20-,21+,22-,23+,24?,29+/m1/s1. The summed E-state index contributed by atoms with van der Waals surface area (Å²) in [7, 11) is 0. The van der Waals surface area contributed by atoms with E-state index in [9.17, 15) is 19.5 Å². The second-order valence-corrected chi connectivity index (χ2v) is 12.8. The number of carbonyl (C=O) groups is 3. The van der Waals surface area contributed by atoms with Crippen molar-refractivity contribution in [2.75, 3.05) is 19.8 Å². The first kappa shape index (κ1) is 26.0. The maximum Gasteiger partial charge on any atom is 0.311 e. The quantitative estimate of drug-likeness (QED) is 0.481. The number of hydrogen-bond acceptors (Lipinski definition) is 6. The molecule has 1 N–H and O–H groups in total. The number of nitrogens with zero attached hydrogens (tertiary/aromatic N) is 2. The van der Waals surface area contributed by atoms with Gasteiger partial charge < -0.3 is 19.6 Å². The number of ether oxygens (including phenoxy) is 1. The van der Waals surface area contributed by atoms with Crippen molar-refractivity contribution in [2.24, 2.45) is 11.8 Å². The average molecular weight is 525 g/mol. The summed E-state index contributed by atoms with van der Waals surface area (Å²) in [5.74, 6) is -2.27. The van der Waals surface area contributed by atoms with Crippen molar-refractivity contribution in [2.45, 2.75) is 67.7 Å². The molecular weight excluding hydrogens is 488 g/mol. The summed E-state index contributed by atoms with van der Waals surface area (Å²) in [5, 5.41) is 10.3. The second kappa shape index (κ2) is 9.95. The van der Waals surface area contributed by atoms with Crippen molar-refractivity contribution in [3.8, 4) is 0 Å². The molecule has 0 radical (unpaired) electrons. The van der Waals surface area contributed by atoms with Crippen LogP contribution in [-0.4, -0.2) is 74.0 Å². The van der Waals surface area contributed by atoms with Crippen LogP contribution < -0.4 is 0 Å². The summed E-state index contributed by atoms with van der Waals surface area (Å²) in [6.45, 7) is 6.37. The number of fused-ring (bicyclic) bond motifs is 2. The summed E-state index contributed by atoms with van der Waals surface area (Å²) in [6.07, 6.45) is 10.7. The molecule has 2 saturated heterocycles. The van der Waals surface area contributed by atoms with Crippen LogP contribution >= 0.6 is 11.8 Å². The maximum absolute atomic E-state index is 14.5. The van der Waals surface area contributed by atoms with Crippen LogP contribution in [0.1, 0.15) is 51.6 Å². The number of cyclic esters (lactones) is 1. The molecule has 6 atom stereocenters. The molecular formula is C29H36N2O5S. The molecule has 1 spiro atoms. The molecule has 7 nitrogen and oxygen atoms in total. The Labute approximate surface area is 222 Å². The van der Waals surface area contributed by atoms with Crippen LogP contribution in [0.4, 0.5) is 0 Å². The third-order valence-electron chi connectivity index (χ3n) is 8.04. The zero-order valence-electron chi connectivity index (χ0n) is 21.7. The van der Waals surface area contributed by atoms with Crippen molar-refractivity contribution in [1.29, 1.82) is 0 Å². The lowest BCUT2D eigenvalue weighted by atomic mass is 9.78. The molecule has 4 aliphatic heterocycles. The molecule has 0 aromatic heterocycles. The Morgan fingerprint density at radius 1 is 1.11 bits per heavy atom. The molecule has 1 unspecified atom stereocenters. The number of likely N-dealkylation sites (tertiary alicyclic amines) is 1. The van der Waals surface area contributed by atoms with E-state index in [0.29, 0.717) is 13.2 Å². The number of carbonyl (C=O) groups excluding carboxylic acids is 3. The van der Waals surface area contributed by atoms with E-state index in [1.54, 1.807) is 9.80 Å². The highest BCUT2D eigenvalue weighted by atomic mass is 32.2. The minimum atomic E-state index is -0.941. The number of amides is 2. The summed E-state index contributed by atoms with van der Waals surface area (Å²) in [5.41, 5.74) is 0.285. The normalized spacial score (nSPS) is 33.8. The van der Waals surface area contributed by atoms with Crippen LogP contribution in [0.2, 0.25) is 0 Å². The van der Waals surface area contributed by atoms with E-state index in [0.717, 1.165) is 24.8 Å². The molecule has 8 heteroatoms. The van der Waals surface area contributed by atoms with Crippen molar-refractivity contribution in [3.63, 3.8) is 0 Å². The summed E-state index contributed by atoms with van der Waals surface area (Å²) >= 11 is 1.53. The second-order valence-electron chi connectivity index (χ2n) is 11.3. The van der Waals surface area contributed by atoms with Gasteiger partial charge in [-0.05, 0) is 45.6 Å². The Morgan fingerprint density at radius 2 is 1.86 bits per heavy atom. The zero-order valence-corrected chi connectivity index (χ0v) is 22.5. The fourth-order valence-corrected chi connectivity index (χ4v) is 8.31. The first-order valence-corrected chi connectivity index (χ1v) is 14.1. The molecule has 4 heterocycles. The molecule has 198 valence electrons. The fraction of sp³-hybridized carbons (Fsp3) is 0.552. The van der Waals surface area contributed by atoms with Gasteiger partial charge in [-0.1, -0.05) is 54.6 Å². The summed E-state index contributed by atoms with van der Waals surface area (Å²) < 4.78 is 4.74. The van der Waals surface area contributed by atoms with Crippen molar-refractivity contribution < 1.29 is 24.2 Å². The first-order valence-electron chi connectivity index (χ1n) is 13.2. The topological polar surface area (TPSA) is 87.2 Å². The number of aliphatic hydroxyl groups is 1. The number of allylic oxidation sites excluding steroid dienone is 1. The van der Waals surface area contributed by atoms with Gasteiger partial charge in [-0.3, -0.25) is 14.4 Å². The van der Waals surface area contributed by atoms with Crippen molar-refractivity contribution >= 4 is 29.5 Å². The predicted molar refractivity (Wildman–Crippen MR) is 143 cm³/mol. The van der Waals surface area contributed by atoms with Gasteiger partial charge in [0.25, 0.3) is 0 Å². The highest BCUT2D eigenvalue weighted by Crippen LogP contribution is 2.62. The van der Waals surface area contributed by atoms with E-state index in [1.165, 1.54) is 11.8 Å². The number of rotatable bonds is 3. The first-order chi connectivity index (χ1) is 17.7. The average Bonchev–Trinajstić information content (AvgIpc) is 3.24. The van der Waals surface area contributed by atoms with Crippen LogP contribution in [0.15, 0.2) is 54.6 Å². The lowest BCUT2D eigenvalue weighted by Crippen LogP contribution is -2.58. The van der Waals surface area contributed by atoms with Gasteiger partial charge >= 0.3 is 5.97 Å². The van der Waals surface area contributed by atoms with Crippen molar-refractivity contribution in [3.05, 3.63) is 60.2 Å². The molecule has 37 heavy (non-hydrogen) atoms. The number of benzene rings is 1. The largest absolute Gasteiger partial charge is 0.465 e. The van der Waals surface area contributed by atoms with E-state index < -0.39 is 34.2 Å². The number of hydrogen-bond donors (Lipinski definition) is 1. The Morgan fingerprint density at radius 3 is 2.57 bits per heavy atom. The summed E-state index contributed by atoms with van der Waals surface area (Å²) in [6, 6.07) is 7.77. The molecule has 0 aliphatic carbocycles. The number of esters is 1. The highest BCUT2D eigenvalue weighted by Gasteiger charge is 2.72. The minimum Gasteiger partial charge on any atom is -0.465 e. The Balaban J connectivity index is 1.68. The van der Waals surface area contributed by atoms with Gasteiger partial charge in [0.15, 0.2) is 0 Å². The minimum absolute atomic E-state index is 0.156. The van der Waals surface area contributed by atoms with Gasteiger partial charge in [0.05, 0.1) is 35.8 Å². The van der Waals surface area contributed by atoms with E-state index >= 15 is 0 Å². The smallest absolute Gasteiger partial charge is 0.311 e. The van der Waals surface area contributed by atoms with Gasteiger partial charge in [0.2, 0.25) is 11.8 Å². The Hall–Kier alpha value is -2.58. The van der Waals surface area contributed by atoms with Gasteiger partial charge in [-0.2, -0.15) is 0 Å². The van der Waals surface area contributed by atoms with E-state index in [1.807, 2.05) is 69.3 Å². The molecule has 0 bridgehead atoms. The van der Waals surface area contributed by atoms with Gasteiger partial charge in [-0.15, -0.1) is 11.8 Å². The summed E-state index contributed by atoms with van der Waals surface area (Å²) in [4.78, 5) is 45.7. The number of thioether (sulfide) groups is 1. The maximum atomic E-state index is 14.5. The Kier molecular flexibility index (Phi) is 7.00. The van der Waals surface area contributed by atoms with Crippen LogP contribution in [0.5, 0.6) is 0 Å². The molecule has 1 aromatic rings. The van der Waals surface area contributed by atoms with Crippen LogP contribution in [0.25, 0.3) is 0 Å². The molecule has 0 saturated carbocycles. The molecule has 5 rings (SSSR count). The van der Waals surface area contributed by atoms with E-state index in [2.05, 4.69) is 6.08 Å². The van der Waals surface area contributed by atoms with Gasteiger partial charge in [0.1, 0.15) is 6.04 Å². The molecule has 2 amide bonds. The molecule has 4 aliphatic rings. The van der Waals surface area contributed by atoms with Crippen LogP contribution in [0.3, 0.4) is 0 Å². The van der Waals surface area contributed by atoms with Crippen LogP contribution in [-0.2, 0) is 19.1 Å². The fourth-order valence-electron chi connectivity index (χ4n) is 6.32. The molecule has 2 fully saturated rings. The highest BCUT2D eigenvalue weighted by molar-refractivity contribution is 8.02. The third kappa shape index (κ3) is 4.32. The lowest BCUT2D eigenvalue weighted by Gasteiger charge is -2.42. The van der Waals surface area contributed by atoms with Gasteiger partial charge in [0, 0.05) is 17.3 Å². The number of aliphatic hydroxyl groups excluding tert-OH is 1. The van der Waals surface area contributed by atoms with E-state index in [-0.39, 0.29) is 29.6 Å². The zero-order chi connectivity index (χ0) is 26.4. The van der Waals surface area contributed by atoms with E-state index in [4.69, 9.17) is 4.74 Å². The lowest BCUT2D eigenvalue weighted by molar-refractivity contribution is -0.154. The monoisotopic (exact) mass is 524 g/mol. The Bertz CT molecular complexity index is 1110. The van der Waals surface area contributed by atoms with Gasteiger partial charge in [-0.25, -0.2) is 0 Å². The van der Waals surface area contributed by atoms with Crippen LogP contribution in [0, 0.1) is 11.8 Å². The third-order valence-corrected chi connectivity index (χ3v) is 9.79. The predicted octanol–water partition coefficient (Wildman–Crippen LogP) is 3.50. The SMILES string of the molecule is CC(C)(C)N1CC=C[C@]23S[C@H]4/C=C\CCCCOC(=O)[C@H]4[C@H]2C(=O)N([C@H](CO)c2ccccc2)C3C1=O.